The molecular weight excluding hydrogens is 344 g/mol. The average Bonchev–Trinajstić information content (AvgIpc) is 3.33. The Morgan fingerprint density at radius 1 is 1.23 bits per heavy atom. The minimum Gasteiger partial charge on any atom is -0.467 e. The number of aromatic nitrogens is 1. The number of hydrogen-bond donors (Lipinski definition) is 0. The van der Waals surface area contributed by atoms with Crippen molar-refractivity contribution < 1.29 is 9.21 Å². The van der Waals surface area contributed by atoms with Crippen molar-refractivity contribution in [3.63, 3.8) is 0 Å². The zero-order valence-corrected chi connectivity index (χ0v) is 16.1. The van der Waals surface area contributed by atoms with E-state index in [1.165, 1.54) is 17.5 Å². The fourth-order valence-corrected chi connectivity index (χ4v) is 4.73. The first-order valence-corrected chi connectivity index (χ1v) is 10.2. The lowest BCUT2D eigenvalue weighted by atomic mass is 9.88. The molecule has 0 saturated heterocycles. The van der Waals surface area contributed by atoms with Crippen molar-refractivity contribution in [3.05, 3.63) is 47.4 Å². The number of hydrogen-bond acceptors (Lipinski definition) is 4. The second-order valence-electron chi connectivity index (χ2n) is 7.19. The summed E-state index contributed by atoms with van der Waals surface area (Å²) >= 11 is 1.59. The fourth-order valence-electron chi connectivity index (χ4n) is 3.70. The number of benzene rings is 1. The smallest absolute Gasteiger partial charge is 0.232 e. The van der Waals surface area contributed by atoms with Crippen LogP contribution in [0.4, 0.5) is 5.13 Å². The van der Waals surface area contributed by atoms with E-state index in [0.717, 1.165) is 46.8 Å². The molecule has 2 aromatic heterocycles. The number of nitrogens with zero attached hydrogens (tertiary/aromatic N) is 2. The van der Waals surface area contributed by atoms with Gasteiger partial charge < -0.3 is 4.42 Å². The minimum atomic E-state index is 0.105. The number of fused-ring (bicyclic) bond motifs is 1. The molecule has 0 spiro atoms. The SMILES string of the molecule is Cc1ccc2sc(N(Cc3ccco3)C(=O)C3CCCCC3)nc2c1C. The highest BCUT2D eigenvalue weighted by molar-refractivity contribution is 7.22. The van der Waals surface area contributed by atoms with Crippen LogP contribution in [-0.2, 0) is 11.3 Å². The number of furan rings is 1. The molecule has 1 aliphatic rings. The van der Waals surface area contributed by atoms with Crippen molar-refractivity contribution in [1.29, 1.82) is 0 Å². The van der Waals surface area contributed by atoms with Crippen molar-refractivity contribution in [1.82, 2.24) is 4.98 Å². The molecule has 5 heteroatoms. The lowest BCUT2D eigenvalue weighted by molar-refractivity contribution is -0.123. The Kier molecular flexibility index (Phi) is 4.81. The molecule has 3 aromatic rings. The van der Waals surface area contributed by atoms with Gasteiger partial charge in [-0.1, -0.05) is 36.7 Å². The maximum Gasteiger partial charge on any atom is 0.232 e. The number of thiazole rings is 1. The maximum atomic E-state index is 13.3. The van der Waals surface area contributed by atoms with Gasteiger partial charge in [-0.3, -0.25) is 9.69 Å². The first-order chi connectivity index (χ1) is 12.6. The van der Waals surface area contributed by atoms with Gasteiger partial charge in [0.05, 0.1) is 23.0 Å². The number of carbonyl (C=O) groups excluding carboxylic acids is 1. The Hall–Kier alpha value is -2.14. The number of amides is 1. The van der Waals surface area contributed by atoms with Gasteiger partial charge in [0, 0.05) is 5.92 Å². The standard InChI is InChI=1S/C21H24N2O2S/c1-14-10-11-18-19(15(14)2)22-21(26-18)23(13-17-9-6-12-25-17)20(24)16-7-4-3-5-8-16/h6,9-12,16H,3-5,7-8,13H2,1-2H3. The van der Waals surface area contributed by atoms with Crippen LogP contribution in [0.2, 0.25) is 0 Å². The molecule has 1 aliphatic carbocycles. The maximum absolute atomic E-state index is 13.3. The van der Waals surface area contributed by atoms with Crippen LogP contribution in [0, 0.1) is 19.8 Å². The molecule has 0 atom stereocenters. The van der Waals surface area contributed by atoms with E-state index >= 15 is 0 Å². The van der Waals surface area contributed by atoms with Crippen molar-refractivity contribution in [2.24, 2.45) is 5.92 Å². The van der Waals surface area contributed by atoms with Crippen molar-refractivity contribution >= 4 is 32.6 Å². The lowest BCUT2D eigenvalue weighted by Gasteiger charge is -2.27. The van der Waals surface area contributed by atoms with E-state index in [0.29, 0.717) is 6.54 Å². The van der Waals surface area contributed by atoms with E-state index in [1.807, 2.05) is 17.0 Å². The molecule has 4 nitrogen and oxygen atoms in total. The number of anilines is 1. The van der Waals surface area contributed by atoms with Crippen LogP contribution < -0.4 is 4.90 Å². The monoisotopic (exact) mass is 368 g/mol. The van der Waals surface area contributed by atoms with Crippen molar-refractivity contribution in [2.75, 3.05) is 4.90 Å². The Balaban J connectivity index is 1.72. The molecule has 136 valence electrons. The lowest BCUT2D eigenvalue weighted by Crippen LogP contribution is -2.36. The van der Waals surface area contributed by atoms with Crippen LogP contribution in [0.15, 0.2) is 34.9 Å². The normalized spacial score (nSPS) is 15.5. The Morgan fingerprint density at radius 3 is 2.77 bits per heavy atom. The Morgan fingerprint density at radius 2 is 2.04 bits per heavy atom. The van der Waals surface area contributed by atoms with Gasteiger partial charge in [0.1, 0.15) is 5.76 Å². The molecule has 1 aromatic carbocycles. The molecule has 0 bridgehead atoms. The third-order valence-electron chi connectivity index (χ3n) is 5.42. The number of aryl methyl sites for hydroxylation is 2. The predicted molar refractivity (Wildman–Crippen MR) is 106 cm³/mol. The van der Waals surface area contributed by atoms with Gasteiger partial charge in [-0.15, -0.1) is 0 Å². The second-order valence-corrected chi connectivity index (χ2v) is 8.20. The van der Waals surface area contributed by atoms with Gasteiger partial charge in [-0.05, 0) is 56.0 Å². The fraction of sp³-hybridized carbons (Fsp3) is 0.429. The molecule has 0 N–H and O–H groups in total. The first-order valence-electron chi connectivity index (χ1n) is 9.34. The van der Waals surface area contributed by atoms with Crippen LogP contribution in [-0.4, -0.2) is 10.9 Å². The second kappa shape index (κ2) is 7.23. The summed E-state index contributed by atoms with van der Waals surface area (Å²) in [6, 6.07) is 8.02. The molecule has 0 aliphatic heterocycles. The summed E-state index contributed by atoms with van der Waals surface area (Å²) in [6.07, 6.45) is 7.14. The van der Waals surface area contributed by atoms with Gasteiger partial charge in [-0.25, -0.2) is 4.98 Å². The molecular formula is C21H24N2O2S. The summed E-state index contributed by atoms with van der Waals surface area (Å²) in [7, 11) is 0. The van der Waals surface area contributed by atoms with Crippen molar-refractivity contribution in [2.45, 2.75) is 52.5 Å². The zero-order valence-electron chi connectivity index (χ0n) is 15.3. The molecule has 1 amide bonds. The van der Waals surface area contributed by atoms with Gasteiger partial charge in [0.2, 0.25) is 5.91 Å². The number of carbonyl (C=O) groups is 1. The summed E-state index contributed by atoms with van der Waals surface area (Å²) in [5.41, 5.74) is 3.42. The van der Waals surface area contributed by atoms with Crippen LogP contribution >= 0.6 is 11.3 Å². The van der Waals surface area contributed by atoms with Crippen LogP contribution in [0.25, 0.3) is 10.2 Å². The Bertz CT molecular complexity index is 908. The van der Waals surface area contributed by atoms with Gasteiger partial charge in [0.25, 0.3) is 0 Å². The third kappa shape index (κ3) is 3.28. The average molecular weight is 369 g/mol. The summed E-state index contributed by atoms with van der Waals surface area (Å²) in [4.78, 5) is 20.0. The largest absolute Gasteiger partial charge is 0.467 e. The van der Waals surface area contributed by atoms with Crippen LogP contribution in [0.3, 0.4) is 0 Å². The summed E-state index contributed by atoms with van der Waals surface area (Å²) in [5, 5.41) is 0.778. The first kappa shape index (κ1) is 17.3. The summed E-state index contributed by atoms with van der Waals surface area (Å²) in [6.45, 7) is 4.64. The predicted octanol–water partition coefficient (Wildman–Crippen LogP) is 5.62. The highest BCUT2D eigenvalue weighted by Crippen LogP contribution is 2.35. The van der Waals surface area contributed by atoms with E-state index in [4.69, 9.17) is 9.40 Å². The Labute approximate surface area is 157 Å². The third-order valence-corrected chi connectivity index (χ3v) is 6.46. The van der Waals surface area contributed by atoms with E-state index in [9.17, 15) is 4.79 Å². The minimum absolute atomic E-state index is 0.105. The number of rotatable bonds is 4. The van der Waals surface area contributed by atoms with Crippen molar-refractivity contribution in [3.8, 4) is 0 Å². The zero-order chi connectivity index (χ0) is 18.1. The topological polar surface area (TPSA) is 46.3 Å². The van der Waals surface area contributed by atoms with E-state index in [2.05, 4.69) is 26.0 Å². The van der Waals surface area contributed by atoms with E-state index in [1.54, 1.807) is 17.6 Å². The molecule has 26 heavy (non-hydrogen) atoms. The molecule has 1 saturated carbocycles. The van der Waals surface area contributed by atoms with Crippen LogP contribution in [0.5, 0.6) is 0 Å². The molecule has 0 unspecified atom stereocenters. The van der Waals surface area contributed by atoms with Gasteiger partial charge >= 0.3 is 0 Å². The van der Waals surface area contributed by atoms with Crippen LogP contribution in [0.1, 0.15) is 49.0 Å². The van der Waals surface area contributed by atoms with Gasteiger partial charge in [-0.2, -0.15) is 0 Å². The molecule has 4 rings (SSSR count). The summed E-state index contributed by atoms with van der Waals surface area (Å²) in [5.74, 6) is 1.09. The molecule has 0 radical (unpaired) electrons. The quantitative estimate of drug-likeness (QED) is 0.600. The highest BCUT2D eigenvalue weighted by Gasteiger charge is 2.29. The molecule has 1 fully saturated rings. The van der Waals surface area contributed by atoms with E-state index < -0.39 is 0 Å². The summed E-state index contributed by atoms with van der Waals surface area (Å²) < 4.78 is 6.65. The van der Waals surface area contributed by atoms with E-state index in [-0.39, 0.29) is 11.8 Å². The molecule has 2 heterocycles. The highest BCUT2D eigenvalue weighted by atomic mass is 32.1. The van der Waals surface area contributed by atoms with Gasteiger partial charge in [0.15, 0.2) is 5.13 Å².